The number of ketones is 1. The van der Waals surface area contributed by atoms with Gasteiger partial charge in [0, 0.05) is 16.7 Å². The highest BCUT2D eigenvalue weighted by molar-refractivity contribution is 9.10. The van der Waals surface area contributed by atoms with Gasteiger partial charge >= 0.3 is 0 Å². The van der Waals surface area contributed by atoms with Gasteiger partial charge in [0.1, 0.15) is 0 Å². The molecule has 1 N–H and O–H groups in total. The number of carbonyl (C=O) groups is 2. The average Bonchev–Trinajstić information content (AvgIpc) is 2.59. The van der Waals surface area contributed by atoms with Crippen molar-refractivity contribution < 1.29 is 9.59 Å². The third-order valence-corrected chi connectivity index (χ3v) is 2.84. The van der Waals surface area contributed by atoms with Gasteiger partial charge in [0.15, 0.2) is 6.29 Å². The minimum absolute atomic E-state index is 0.310. The Morgan fingerprint density at radius 3 is 3.07 bits per heavy atom. The van der Waals surface area contributed by atoms with E-state index in [2.05, 4.69) is 21.2 Å². The molecule has 72 valence electrons. The SMILES string of the molecule is O=CC(=O)C1CNc2cc(Br)ccc21. The zero-order valence-electron chi connectivity index (χ0n) is 7.29. The monoisotopic (exact) mass is 253 g/mol. The van der Waals surface area contributed by atoms with Gasteiger partial charge < -0.3 is 5.32 Å². The van der Waals surface area contributed by atoms with Crippen LogP contribution in [-0.4, -0.2) is 18.6 Å². The fourth-order valence-electron chi connectivity index (χ4n) is 1.64. The van der Waals surface area contributed by atoms with E-state index in [1.807, 2.05) is 18.2 Å². The molecule has 0 bridgehead atoms. The zero-order valence-corrected chi connectivity index (χ0v) is 8.87. The molecule has 1 aromatic rings. The van der Waals surface area contributed by atoms with Crippen molar-refractivity contribution in [3.05, 3.63) is 28.2 Å². The van der Waals surface area contributed by atoms with E-state index >= 15 is 0 Å². The molecule has 4 heteroatoms. The molecule has 1 heterocycles. The van der Waals surface area contributed by atoms with Crippen LogP contribution in [0.25, 0.3) is 0 Å². The Morgan fingerprint density at radius 1 is 1.57 bits per heavy atom. The van der Waals surface area contributed by atoms with Crippen molar-refractivity contribution in [2.24, 2.45) is 0 Å². The molecule has 0 saturated carbocycles. The molecule has 1 aliphatic rings. The molecule has 1 aromatic carbocycles. The summed E-state index contributed by atoms with van der Waals surface area (Å²) < 4.78 is 0.961. The van der Waals surface area contributed by atoms with Gasteiger partial charge in [-0.25, -0.2) is 0 Å². The summed E-state index contributed by atoms with van der Waals surface area (Å²) in [4.78, 5) is 21.6. The van der Waals surface area contributed by atoms with Crippen LogP contribution in [0.1, 0.15) is 11.5 Å². The van der Waals surface area contributed by atoms with Gasteiger partial charge in [-0.15, -0.1) is 0 Å². The molecule has 0 spiro atoms. The van der Waals surface area contributed by atoms with Crippen LogP contribution in [0.3, 0.4) is 0 Å². The van der Waals surface area contributed by atoms with Gasteiger partial charge in [-0.05, 0) is 17.7 Å². The van der Waals surface area contributed by atoms with Gasteiger partial charge in [-0.2, -0.15) is 0 Å². The standard InChI is InChI=1S/C10H8BrNO2/c11-6-1-2-7-8(10(14)5-13)4-12-9(7)3-6/h1-3,5,8,12H,4H2. The Kier molecular flexibility index (Phi) is 2.37. The van der Waals surface area contributed by atoms with Gasteiger partial charge in [0.2, 0.25) is 5.78 Å². The van der Waals surface area contributed by atoms with E-state index < -0.39 is 0 Å². The molecule has 0 aliphatic carbocycles. The third kappa shape index (κ3) is 1.46. The van der Waals surface area contributed by atoms with Crippen molar-refractivity contribution in [3.8, 4) is 0 Å². The second kappa shape index (κ2) is 3.53. The van der Waals surface area contributed by atoms with Crippen LogP contribution in [0.15, 0.2) is 22.7 Å². The van der Waals surface area contributed by atoms with Crippen molar-refractivity contribution in [3.63, 3.8) is 0 Å². The Bertz CT molecular complexity index is 403. The summed E-state index contributed by atoms with van der Waals surface area (Å²) in [6.45, 7) is 0.517. The van der Waals surface area contributed by atoms with Crippen molar-refractivity contribution in [1.82, 2.24) is 0 Å². The molecule has 14 heavy (non-hydrogen) atoms. The number of rotatable bonds is 2. The lowest BCUT2D eigenvalue weighted by molar-refractivity contribution is -0.130. The van der Waals surface area contributed by atoms with Crippen molar-refractivity contribution in [2.75, 3.05) is 11.9 Å². The van der Waals surface area contributed by atoms with E-state index in [1.54, 1.807) is 0 Å². The molecule has 1 unspecified atom stereocenters. The Morgan fingerprint density at radius 2 is 2.36 bits per heavy atom. The molecule has 0 amide bonds. The fraction of sp³-hybridized carbons (Fsp3) is 0.200. The highest BCUT2D eigenvalue weighted by Crippen LogP contribution is 2.33. The number of benzene rings is 1. The number of Topliss-reactive ketones (excluding diaryl/α,β-unsaturated/α-hetero) is 1. The maximum Gasteiger partial charge on any atom is 0.204 e. The van der Waals surface area contributed by atoms with Crippen LogP contribution >= 0.6 is 15.9 Å². The minimum atomic E-state index is -0.362. The predicted octanol–water partition coefficient (Wildman–Crippen LogP) is 1.73. The van der Waals surface area contributed by atoms with E-state index in [4.69, 9.17) is 0 Å². The molecular formula is C10H8BrNO2. The molecule has 0 saturated heterocycles. The normalized spacial score (nSPS) is 18.5. The molecule has 0 fully saturated rings. The van der Waals surface area contributed by atoms with Crippen LogP contribution in [0.2, 0.25) is 0 Å². The van der Waals surface area contributed by atoms with Crippen LogP contribution in [0.4, 0.5) is 5.69 Å². The van der Waals surface area contributed by atoms with Crippen LogP contribution < -0.4 is 5.32 Å². The molecular weight excluding hydrogens is 246 g/mol. The molecule has 1 atom stereocenters. The lowest BCUT2D eigenvalue weighted by Gasteiger charge is -2.03. The highest BCUT2D eigenvalue weighted by Gasteiger charge is 2.27. The molecule has 0 aromatic heterocycles. The van der Waals surface area contributed by atoms with Crippen molar-refractivity contribution in [2.45, 2.75) is 5.92 Å². The molecule has 3 nitrogen and oxygen atoms in total. The number of aldehydes is 1. The van der Waals surface area contributed by atoms with Crippen LogP contribution in [-0.2, 0) is 9.59 Å². The van der Waals surface area contributed by atoms with E-state index in [0.29, 0.717) is 12.8 Å². The largest absolute Gasteiger partial charge is 0.384 e. The molecule has 1 aliphatic heterocycles. The maximum absolute atomic E-state index is 11.2. The average molecular weight is 254 g/mol. The third-order valence-electron chi connectivity index (χ3n) is 2.35. The number of nitrogens with one attached hydrogen (secondary N) is 1. The minimum Gasteiger partial charge on any atom is -0.384 e. The Hall–Kier alpha value is -1.16. The zero-order chi connectivity index (χ0) is 10.1. The lowest BCUT2D eigenvalue weighted by Crippen LogP contribution is -2.15. The van der Waals surface area contributed by atoms with Gasteiger partial charge in [-0.3, -0.25) is 9.59 Å². The summed E-state index contributed by atoms with van der Waals surface area (Å²) in [5, 5.41) is 3.10. The van der Waals surface area contributed by atoms with Crippen molar-refractivity contribution in [1.29, 1.82) is 0 Å². The fourth-order valence-corrected chi connectivity index (χ4v) is 2.00. The van der Waals surface area contributed by atoms with E-state index in [1.165, 1.54) is 0 Å². The van der Waals surface area contributed by atoms with E-state index in [0.717, 1.165) is 15.7 Å². The highest BCUT2D eigenvalue weighted by atomic mass is 79.9. The second-order valence-electron chi connectivity index (χ2n) is 3.19. The van der Waals surface area contributed by atoms with Crippen LogP contribution in [0, 0.1) is 0 Å². The maximum atomic E-state index is 11.2. The number of hydrogen-bond acceptors (Lipinski definition) is 3. The first-order valence-corrected chi connectivity index (χ1v) is 5.04. The van der Waals surface area contributed by atoms with Crippen LogP contribution in [0.5, 0.6) is 0 Å². The van der Waals surface area contributed by atoms with Gasteiger partial charge in [0.25, 0.3) is 0 Å². The second-order valence-corrected chi connectivity index (χ2v) is 4.10. The molecule has 0 radical (unpaired) electrons. The number of carbonyl (C=O) groups excluding carboxylic acids is 2. The smallest absolute Gasteiger partial charge is 0.204 e. The molecule has 2 rings (SSSR count). The number of halogens is 1. The van der Waals surface area contributed by atoms with Gasteiger partial charge in [-0.1, -0.05) is 22.0 Å². The predicted molar refractivity (Wildman–Crippen MR) is 56.4 cm³/mol. The Labute approximate surface area is 89.6 Å². The number of anilines is 1. The van der Waals surface area contributed by atoms with E-state index in [-0.39, 0.29) is 11.7 Å². The summed E-state index contributed by atoms with van der Waals surface area (Å²) in [5.41, 5.74) is 1.84. The summed E-state index contributed by atoms with van der Waals surface area (Å²) in [7, 11) is 0. The summed E-state index contributed by atoms with van der Waals surface area (Å²) in [5.74, 6) is -0.672. The quantitative estimate of drug-likeness (QED) is 0.645. The van der Waals surface area contributed by atoms with E-state index in [9.17, 15) is 9.59 Å². The van der Waals surface area contributed by atoms with Crippen molar-refractivity contribution >= 4 is 33.7 Å². The number of fused-ring (bicyclic) bond motifs is 1. The topological polar surface area (TPSA) is 46.2 Å². The first-order valence-electron chi connectivity index (χ1n) is 4.24. The number of hydrogen-bond donors (Lipinski definition) is 1. The first-order chi connectivity index (χ1) is 6.72. The summed E-state index contributed by atoms with van der Waals surface area (Å²) in [6.07, 6.45) is 0.392. The first kappa shape index (κ1) is 9.40. The summed E-state index contributed by atoms with van der Waals surface area (Å²) in [6, 6.07) is 5.65. The Balaban J connectivity index is 2.40. The lowest BCUT2D eigenvalue weighted by atomic mass is 9.98. The van der Waals surface area contributed by atoms with Gasteiger partial charge in [0.05, 0.1) is 5.92 Å². The summed E-state index contributed by atoms with van der Waals surface area (Å²) >= 11 is 3.34.